The number of hydrogen-bond acceptors (Lipinski definition) is 6. The van der Waals surface area contributed by atoms with Crippen LogP contribution >= 0.6 is 11.3 Å². The van der Waals surface area contributed by atoms with Crippen LogP contribution in [0.4, 0.5) is 10.8 Å². The van der Waals surface area contributed by atoms with Crippen LogP contribution in [0.25, 0.3) is 10.6 Å². The second-order valence-electron chi connectivity index (χ2n) is 8.00. The fraction of sp³-hybridized carbons (Fsp3) is 0. The quantitative estimate of drug-likeness (QED) is 0.267. The van der Waals surface area contributed by atoms with Crippen LogP contribution in [0.2, 0.25) is 0 Å². The van der Waals surface area contributed by atoms with E-state index in [0.29, 0.717) is 32.5 Å². The molecule has 1 heterocycles. The molecule has 0 aliphatic carbocycles. The third kappa shape index (κ3) is 5.50. The predicted octanol–water partition coefficient (Wildman–Crippen LogP) is 5.94. The molecule has 0 bridgehead atoms. The first-order chi connectivity index (χ1) is 18.1. The number of hydrogen-bond donors (Lipinski definition) is 2. The Kier molecular flexibility index (Phi) is 6.91. The normalized spacial score (nSPS) is 10.5. The molecule has 5 rings (SSSR count). The summed E-state index contributed by atoms with van der Waals surface area (Å²) in [6, 6.07) is 31.5. The SMILES string of the molecule is O=C(Nc1nnc(-c2ccccc2)s1)c1ccc(NC(=O)c2ccccc2C(=O)c2ccccc2)cc1. The highest BCUT2D eigenvalue weighted by Gasteiger charge is 2.18. The number of nitrogens with zero attached hydrogens (tertiary/aromatic N) is 2. The van der Waals surface area contributed by atoms with Gasteiger partial charge in [-0.2, -0.15) is 0 Å². The Hall–Kier alpha value is -4.95. The lowest BCUT2D eigenvalue weighted by Crippen LogP contribution is -2.17. The van der Waals surface area contributed by atoms with Gasteiger partial charge in [-0.25, -0.2) is 0 Å². The minimum atomic E-state index is -0.417. The van der Waals surface area contributed by atoms with Crippen molar-refractivity contribution in [3.05, 3.63) is 131 Å². The van der Waals surface area contributed by atoms with Crippen molar-refractivity contribution in [3.63, 3.8) is 0 Å². The fourth-order valence-corrected chi connectivity index (χ4v) is 4.41. The number of rotatable bonds is 7. The molecule has 1 aromatic heterocycles. The van der Waals surface area contributed by atoms with Crippen LogP contribution in [-0.2, 0) is 0 Å². The van der Waals surface area contributed by atoms with E-state index < -0.39 is 5.91 Å². The van der Waals surface area contributed by atoms with Crippen molar-refractivity contribution in [1.29, 1.82) is 0 Å². The Morgan fingerprint density at radius 2 is 1.19 bits per heavy atom. The lowest BCUT2D eigenvalue weighted by molar-refractivity contribution is 0.0996. The van der Waals surface area contributed by atoms with Gasteiger partial charge in [0.15, 0.2) is 5.78 Å². The van der Waals surface area contributed by atoms with Crippen LogP contribution in [-0.4, -0.2) is 27.8 Å². The van der Waals surface area contributed by atoms with Gasteiger partial charge in [-0.1, -0.05) is 90.2 Å². The second-order valence-corrected chi connectivity index (χ2v) is 8.98. The number of ketones is 1. The van der Waals surface area contributed by atoms with Gasteiger partial charge in [0, 0.05) is 27.9 Å². The summed E-state index contributed by atoms with van der Waals surface area (Å²) in [6.07, 6.45) is 0. The number of nitrogens with one attached hydrogen (secondary N) is 2. The maximum atomic E-state index is 13.0. The molecule has 180 valence electrons. The van der Waals surface area contributed by atoms with Gasteiger partial charge in [-0.3, -0.25) is 19.7 Å². The summed E-state index contributed by atoms with van der Waals surface area (Å²) in [7, 11) is 0. The standard InChI is InChI=1S/C29H20N4O3S/c34-25(19-9-3-1-4-10-19)23-13-7-8-14-24(23)27(36)30-22-17-15-20(16-18-22)26(35)31-29-33-32-28(37-29)21-11-5-2-6-12-21/h1-18H,(H,30,36)(H,31,33,35). The number of carbonyl (C=O) groups is 3. The van der Waals surface area contributed by atoms with Crippen LogP contribution in [0.1, 0.15) is 36.6 Å². The molecule has 4 aromatic carbocycles. The molecule has 0 fully saturated rings. The molecule has 7 nitrogen and oxygen atoms in total. The molecular formula is C29H20N4O3S. The monoisotopic (exact) mass is 504 g/mol. The maximum absolute atomic E-state index is 13.0. The Morgan fingerprint density at radius 1 is 0.568 bits per heavy atom. The Labute approximate surface area is 216 Å². The molecule has 0 radical (unpaired) electrons. The highest BCUT2D eigenvalue weighted by molar-refractivity contribution is 7.18. The molecule has 0 atom stereocenters. The summed E-state index contributed by atoms with van der Waals surface area (Å²) in [4.78, 5) is 38.6. The molecule has 5 aromatic rings. The zero-order valence-electron chi connectivity index (χ0n) is 19.4. The number of anilines is 2. The summed E-state index contributed by atoms with van der Waals surface area (Å²) < 4.78 is 0. The van der Waals surface area contributed by atoms with E-state index in [1.165, 1.54) is 11.3 Å². The highest BCUT2D eigenvalue weighted by Crippen LogP contribution is 2.26. The predicted molar refractivity (Wildman–Crippen MR) is 144 cm³/mol. The molecular weight excluding hydrogens is 484 g/mol. The maximum Gasteiger partial charge on any atom is 0.257 e. The van der Waals surface area contributed by atoms with Crippen molar-refractivity contribution < 1.29 is 14.4 Å². The van der Waals surface area contributed by atoms with E-state index in [4.69, 9.17) is 0 Å². The Bertz CT molecular complexity index is 1570. The molecule has 2 amide bonds. The van der Waals surface area contributed by atoms with Crippen molar-refractivity contribution in [2.24, 2.45) is 0 Å². The number of aromatic nitrogens is 2. The smallest absolute Gasteiger partial charge is 0.257 e. The van der Waals surface area contributed by atoms with Crippen molar-refractivity contribution in [3.8, 4) is 10.6 Å². The van der Waals surface area contributed by atoms with Crippen molar-refractivity contribution in [2.45, 2.75) is 0 Å². The average Bonchev–Trinajstić information content (AvgIpc) is 3.42. The summed E-state index contributed by atoms with van der Waals surface area (Å²) in [5, 5.41) is 14.8. The topological polar surface area (TPSA) is 101 Å². The van der Waals surface area contributed by atoms with Gasteiger partial charge < -0.3 is 5.32 Å². The van der Waals surface area contributed by atoms with Crippen LogP contribution in [0.5, 0.6) is 0 Å². The molecule has 0 spiro atoms. The first kappa shape index (κ1) is 23.8. The molecule has 0 aliphatic heterocycles. The average molecular weight is 505 g/mol. The van der Waals surface area contributed by atoms with Crippen molar-refractivity contribution in [2.75, 3.05) is 10.6 Å². The fourth-order valence-electron chi connectivity index (χ4n) is 3.67. The zero-order valence-corrected chi connectivity index (χ0v) is 20.2. The highest BCUT2D eigenvalue weighted by atomic mass is 32.1. The molecule has 37 heavy (non-hydrogen) atoms. The molecule has 0 unspecified atom stereocenters. The van der Waals surface area contributed by atoms with E-state index >= 15 is 0 Å². The molecule has 0 saturated carbocycles. The zero-order chi connectivity index (χ0) is 25.6. The van der Waals surface area contributed by atoms with Crippen LogP contribution in [0.15, 0.2) is 109 Å². The number of benzene rings is 4. The van der Waals surface area contributed by atoms with E-state index in [1.807, 2.05) is 36.4 Å². The van der Waals surface area contributed by atoms with E-state index in [2.05, 4.69) is 20.8 Å². The number of amides is 2. The minimum Gasteiger partial charge on any atom is -0.322 e. The van der Waals surface area contributed by atoms with E-state index in [9.17, 15) is 14.4 Å². The number of carbonyl (C=O) groups excluding carboxylic acids is 3. The molecule has 0 aliphatic rings. The van der Waals surface area contributed by atoms with Crippen LogP contribution < -0.4 is 10.6 Å². The van der Waals surface area contributed by atoms with E-state index in [0.717, 1.165) is 5.56 Å². The van der Waals surface area contributed by atoms with Gasteiger partial charge >= 0.3 is 0 Å². The first-order valence-corrected chi connectivity index (χ1v) is 12.2. The largest absolute Gasteiger partial charge is 0.322 e. The summed E-state index contributed by atoms with van der Waals surface area (Å²) in [6.45, 7) is 0. The van der Waals surface area contributed by atoms with Crippen molar-refractivity contribution >= 4 is 39.8 Å². The van der Waals surface area contributed by atoms with Crippen LogP contribution in [0.3, 0.4) is 0 Å². The summed E-state index contributed by atoms with van der Waals surface area (Å²) >= 11 is 1.28. The van der Waals surface area contributed by atoms with Gasteiger partial charge in [0.05, 0.1) is 5.56 Å². The third-order valence-electron chi connectivity index (χ3n) is 5.52. The lowest BCUT2D eigenvalue weighted by Gasteiger charge is -2.10. The molecule has 2 N–H and O–H groups in total. The lowest BCUT2D eigenvalue weighted by atomic mass is 9.98. The second kappa shape index (κ2) is 10.8. The molecule has 0 saturated heterocycles. The summed E-state index contributed by atoms with van der Waals surface area (Å²) in [5.41, 5.74) is 2.90. The van der Waals surface area contributed by atoms with Crippen LogP contribution in [0, 0.1) is 0 Å². The molecule has 8 heteroatoms. The Morgan fingerprint density at radius 3 is 1.89 bits per heavy atom. The Balaban J connectivity index is 1.26. The van der Waals surface area contributed by atoms with E-state index in [-0.39, 0.29) is 17.3 Å². The van der Waals surface area contributed by atoms with Gasteiger partial charge in [0.2, 0.25) is 5.13 Å². The summed E-state index contributed by atoms with van der Waals surface area (Å²) in [5.74, 6) is -0.989. The minimum absolute atomic E-state index is 0.231. The van der Waals surface area contributed by atoms with Crippen molar-refractivity contribution in [1.82, 2.24) is 10.2 Å². The van der Waals surface area contributed by atoms with Gasteiger partial charge in [-0.05, 0) is 30.3 Å². The van der Waals surface area contributed by atoms with Gasteiger partial charge in [-0.15, -0.1) is 10.2 Å². The van der Waals surface area contributed by atoms with Gasteiger partial charge in [0.1, 0.15) is 5.01 Å². The van der Waals surface area contributed by atoms with Gasteiger partial charge in [0.25, 0.3) is 11.8 Å². The van der Waals surface area contributed by atoms with E-state index in [1.54, 1.807) is 72.8 Å². The first-order valence-electron chi connectivity index (χ1n) is 11.4. The third-order valence-corrected chi connectivity index (χ3v) is 6.41.